The van der Waals surface area contributed by atoms with E-state index in [1.807, 2.05) is 6.07 Å². The van der Waals surface area contributed by atoms with Gasteiger partial charge in [0.1, 0.15) is 17.9 Å². The van der Waals surface area contributed by atoms with Crippen molar-refractivity contribution in [2.24, 2.45) is 4.99 Å². The van der Waals surface area contributed by atoms with Crippen LogP contribution in [0, 0.1) is 11.6 Å². The van der Waals surface area contributed by atoms with E-state index in [2.05, 4.69) is 25.3 Å². The molecule has 0 bridgehead atoms. The van der Waals surface area contributed by atoms with Crippen LogP contribution in [0.1, 0.15) is 36.9 Å². The summed E-state index contributed by atoms with van der Waals surface area (Å²) in [7, 11) is 1.76. The summed E-state index contributed by atoms with van der Waals surface area (Å²) in [6, 6.07) is 6.04. The Hall–Kier alpha value is -1.75. The number of hydrogen-bond acceptors (Lipinski definition) is 4. The van der Waals surface area contributed by atoms with Crippen molar-refractivity contribution in [1.82, 2.24) is 20.3 Å². The van der Waals surface area contributed by atoms with Gasteiger partial charge in [-0.3, -0.25) is 9.89 Å². The second-order valence-electron chi connectivity index (χ2n) is 8.24. The molecule has 2 aromatic rings. The van der Waals surface area contributed by atoms with Crippen molar-refractivity contribution >= 4 is 29.9 Å². The van der Waals surface area contributed by atoms with Crippen LogP contribution in [0.5, 0.6) is 0 Å². The van der Waals surface area contributed by atoms with Gasteiger partial charge in [-0.15, -0.1) is 24.0 Å². The fraction of sp³-hybridized carbons (Fsp3) is 0.545. The minimum atomic E-state index is -0.528. The molecular formula is C22H30F2IN5O. The number of halogens is 3. The number of aromatic nitrogens is 1. The molecule has 0 amide bonds. The van der Waals surface area contributed by atoms with Crippen molar-refractivity contribution in [2.45, 2.75) is 37.6 Å². The van der Waals surface area contributed by atoms with Gasteiger partial charge in [0.05, 0.1) is 5.69 Å². The minimum Gasteiger partial charge on any atom is -0.364 e. The maximum Gasteiger partial charge on any atom is 0.193 e. The highest BCUT2D eigenvalue weighted by Gasteiger charge is 2.40. The molecule has 31 heavy (non-hydrogen) atoms. The van der Waals surface area contributed by atoms with Crippen LogP contribution in [-0.4, -0.2) is 60.7 Å². The SMILES string of the molecule is CN=C(NCC1(c2c(F)cccc2F)CCCC1)N1CCN(Cc2ccon2)CC1.I. The lowest BCUT2D eigenvalue weighted by Crippen LogP contribution is -2.54. The van der Waals surface area contributed by atoms with Gasteiger partial charge >= 0.3 is 0 Å². The maximum atomic E-state index is 14.6. The summed E-state index contributed by atoms with van der Waals surface area (Å²) in [4.78, 5) is 8.98. The van der Waals surface area contributed by atoms with Crippen LogP contribution in [0.15, 0.2) is 40.0 Å². The first-order valence-corrected chi connectivity index (χ1v) is 10.6. The summed E-state index contributed by atoms with van der Waals surface area (Å²) in [5.74, 6) is -0.107. The van der Waals surface area contributed by atoms with E-state index in [0.29, 0.717) is 6.54 Å². The van der Waals surface area contributed by atoms with Crippen molar-refractivity contribution in [3.05, 3.63) is 53.4 Å². The molecule has 1 saturated carbocycles. The molecule has 4 rings (SSSR count). The van der Waals surface area contributed by atoms with E-state index in [4.69, 9.17) is 4.52 Å². The summed E-state index contributed by atoms with van der Waals surface area (Å²) in [5.41, 5.74) is 0.629. The largest absolute Gasteiger partial charge is 0.364 e. The fourth-order valence-corrected chi connectivity index (χ4v) is 4.82. The topological polar surface area (TPSA) is 56.9 Å². The second-order valence-corrected chi connectivity index (χ2v) is 8.24. The molecule has 1 aromatic heterocycles. The molecule has 170 valence electrons. The first kappa shape index (κ1) is 23.9. The van der Waals surface area contributed by atoms with Crippen molar-refractivity contribution in [1.29, 1.82) is 0 Å². The molecule has 0 radical (unpaired) electrons. The monoisotopic (exact) mass is 545 g/mol. The number of rotatable bonds is 5. The van der Waals surface area contributed by atoms with E-state index in [1.165, 1.54) is 18.2 Å². The Morgan fingerprint density at radius 3 is 2.39 bits per heavy atom. The Bertz CT molecular complexity index is 843. The predicted molar refractivity (Wildman–Crippen MR) is 127 cm³/mol. The van der Waals surface area contributed by atoms with Crippen LogP contribution in [0.3, 0.4) is 0 Å². The molecule has 9 heteroatoms. The number of piperazine rings is 1. The maximum absolute atomic E-state index is 14.6. The quantitative estimate of drug-likeness (QED) is 0.352. The average Bonchev–Trinajstić information content (AvgIpc) is 3.42. The first-order valence-electron chi connectivity index (χ1n) is 10.6. The van der Waals surface area contributed by atoms with Gasteiger partial charge in [-0.2, -0.15) is 0 Å². The van der Waals surface area contributed by atoms with E-state index in [-0.39, 0.29) is 29.5 Å². The van der Waals surface area contributed by atoms with E-state index >= 15 is 0 Å². The standard InChI is InChI=1S/C22H29F2N5O.HI/c1-25-21(29-12-10-28(11-13-29)15-17-7-14-30-27-17)26-16-22(8-2-3-9-22)20-18(23)5-4-6-19(20)24;/h4-7,14H,2-3,8-13,15-16H2,1H3,(H,25,26);1H. The molecule has 1 aliphatic carbocycles. The van der Waals surface area contributed by atoms with Gasteiger partial charge in [0, 0.05) is 63.4 Å². The molecule has 0 atom stereocenters. The third kappa shape index (κ3) is 5.36. The molecule has 1 aromatic carbocycles. The van der Waals surface area contributed by atoms with E-state index in [0.717, 1.165) is 70.1 Å². The lowest BCUT2D eigenvalue weighted by atomic mass is 9.78. The number of aliphatic imine (C=N–C) groups is 1. The molecule has 6 nitrogen and oxygen atoms in total. The van der Waals surface area contributed by atoms with Crippen molar-refractivity contribution < 1.29 is 13.3 Å². The van der Waals surface area contributed by atoms with Crippen LogP contribution < -0.4 is 5.32 Å². The number of hydrogen-bond donors (Lipinski definition) is 1. The normalized spacial score (nSPS) is 19.3. The zero-order chi connectivity index (χ0) is 21.0. The molecule has 0 unspecified atom stereocenters. The molecule has 1 saturated heterocycles. The second kappa shape index (κ2) is 10.7. The van der Waals surface area contributed by atoms with Gasteiger partial charge in [-0.25, -0.2) is 8.78 Å². The zero-order valence-electron chi connectivity index (χ0n) is 17.8. The van der Waals surface area contributed by atoms with Gasteiger partial charge in [-0.05, 0) is 25.0 Å². The van der Waals surface area contributed by atoms with Gasteiger partial charge < -0.3 is 14.7 Å². The third-order valence-electron chi connectivity index (χ3n) is 6.40. The highest BCUT2D eigenvalue weighted by Crippen LogP contribution is 2.42. The Labute approximate surface area is 199 Å². The van der Waals surface area contributed by atoms with Crippen molar-refractivity contribution in [3.63, 3.8) is 0 Å². The highest BCUT2D eigenvalue weighted by molar-refractivity contribution is 14.0. The molecule has 1 N–H and O–H groups in total. The molecular weight excluding hydrogens is 515 g/mol. The summed E-state index contributed by atoms with van der Waals surface area (Å²) in [5, 5.41) is 7.41. The van der Waals surface area contributed by atoms with Crippen LogP contribution >= 0.6 is 24.0 Å². The lowest BCUT2D eigenvalue weighted by molar-refractivity contribution is 0.168. The van der Waals surface area contributed by atoms with Crippen molar-refractivity contribution in [2.75, 3.05) is 39.8 Å². The Balaban J connectivity index is 0.00000272. The van der Waals surface area contributed by atoms with Gasteiger partial charge in [-0.1, -0.05) is 24.1 Å². The van der Waals surface area contributed by atoms with Crippen LogP contribution in [0.2, 0.25) is 0 Å². The summed E-state index contributed by atoms with van der Waals surface area (Å²) in [6.45, 7) is 4.70. The Morgan fingerprint density at radius 1 is 1.13 bits per heavy atom. The minimum absolute atomic E-state index is 0. The molecule has 2 aliphatic rings. The first-order chi connectivity index (χ1) is 14.6. The van der Waals surface area contributed by atoms with Gasteiger partial charge in [0.25, 0.3) is 0 Å². The van der Waals surface area contributed by atoms with Crippen LogP contribution in [0.25, 0.3) is 0 Å². The smallest absolute Gasteiger partial charge is 0.193 e. The molecule has 2 fully saturated rings. The van der Waals surface area contributed by atoms with E-state index in [1.54, 1.807) is 13.3 Å². The molecule has 1 aliphatic heterocycles. The summed E-state index contributed by atoms with van der Waals surface area (Å²) < 4.78 is 34.1. The average molecular weight is 545 g/mol. The lowest BCUT2D eigenvalue weighted by Gasteiger charge is -2.38. The number of nitrogens with zero attached hydrogens (tertiary/aromatic N) is 4. The van der Waals surface area contributed by atoms with Crippen LogP contribution in [0.4, 0.5) is 8.78 Å². The van der Waals surface area contributed by atoms with Crippen LogP contribution in [-0.2, 0) is 12.0 Å². The summed E-state index contributed by atoms with van der Waals surface area (Å²) in [6.07, 6.45) is 5.11. The fourth-order valence-electron chi connectivity index (χ4n) is 4.82. The highest BCUT2D eigenvalue weighted by atomic mass is 127. The molecule has 2 heterocycles. The van der Waals surface area contributed by atoms with Gasteiger partial charge in [0.15, 0.2) is 5.96 Å². The third-order valence-corrected chi connectivity index (χ3v) is 6.40. The number of guanidine groups is 1. The van der Waals surface area contributed by atoms with Gasteiger partial charge in [0.2, 0.25) is 0 Å². The molecule has 0 spiro atoms. The number of benzene rings is 1. The Morgan fingerprint density at radius 2 is 1.81 bits per heavy atom. The summed E-state index contributed by atoms with van der Waals surface area (Å²) >= 11 is 0. The predicted octanol–water partition coefficient (Wildman–Crippen LogP) is 3.78. The zero-order valence-corrected chi connectivity index (χ0v) is 20.1. The van der Waals surface area contributed by atoms with E-state index < -0.39 is 17.0 Å². The number of nitrogens with one attached hydrogen (secondary N) is 1. The van der Waals surface area contributed by atoms with Crippen molar-refractivity contribution in [3.8, 4) is 0 Å². The Kier molecular flexibility index (Phi) is 8.26. The van der Waals surface area contributed by atoms with E-state index in [9.17, 15) is 8.78 Å².